The fourth-order valence-corrected chi connectivity index (χ4v) is 3.60. The lowest BCUT2D eigenvalue weighted by Gasteiger charge is -2.29. The topological polar surface area (TPSA) is 79.9 Å². The smallest absolute Gasteiger partial charge is 0.492 e. The van der Waals surface area contributed by atoms with E-state index in [4.69, 9.17) is 9.47 Å². The van der Waals surface area contributed by atoms with E-state index in [9.17, 15) is 18.0 Å². The van der Waals surface area contributed by atoms with Crippen LogP contribution >= 0.6 is 0 Å². The van der Waals surface area contributed by atoms with E-state index < -0.39 is 12.1 Å². The maximum absolute atomic E-state index is 12.7. The van der Waals surface area contributed by atoms with Crippen molar-refractivity contribution < 1.29 is 32.3 Å². The first-order valence-electron chi connectivity index (χ1n) is 10.9. The highest BCUT2D eigenvalue weighted by Gasteiger charge is 2.42. The molecule has 0 aliphatic carbocycles. The molecule has 1 fully saturated rings. The molecule has 34 heavy (non-hydrogen) atoms. The summed E-state index contributed by atoms with van der Waals surface area (Å²) in [4.78, 5) is 25.3. The summed E-state index contributed by atoms with van der Waals surface area (Å²) in [5.74, 6) is -1.69. The van der Waals surface area contributed by atoms with Crippen LogP contribution in [0.4, 0.5) is 13.2 Å². The minimum Gasteiger partial charge on any atom is -0.492 e. The van der Waals surface area contributed by atoms with Crippen LogP contribution in [-0.2, 0) is 14.4 Å². The molecule has 11 heteroatoms. The Morgan fingerprint density at radius 2 is 1.91 bits per heavy atom. The van der Waals surface area contributed by atoms with Crippen molar-refractivity contribution in [2.45, 2.75) is 6.18 Å². The van der Waals surface area contributed by atoms with E-state index in [0.29, 0.717) is 38.6 Å². The lowest BCUT2D eigenvalue weighted by Crippen LogP contribution is -2.44. The highest BCUT2D eigenvalue weighted by molar-refractivity contribution is 5.81. The monoisotopic (exact) mass is 478 g/mol. The SMILES string of the molecule is O=C(ON(CCOc1cccc(-c2ccc3nc[nH]c3c2)c1)CCN1CCOCC1)C(F)(F)F. The molecule has 8 nitrogen and oxygen atoms in total. The first-order chi connectivity index (χ1) is 16.4. The normalized spacial score (nSPS) is 15.1. The maximum atomic E-state index is 12.7. The fraction of sp³-hybridized carbons (Fsp3) is 0.391. The van der Waals surface area contributed by atoms with Crippen LogP contribution in [0.3, 0.4) is 0 Å². The van der Waals surface area contributed by atoms with Gasteiger partial charge in [-0.2, -0.15) is 13.2 Å². The largest absolute Gasteiger partial charge is 0.492 e. The zero-order valence-electron chi connectivity index (χ0n) is 18.4. The summed E-state index contributed by atoms with van der Waals surface area (Å²) in [5, 5.41) is 1.00. The molecular formula is C23H25F3N4O4. The standard InChI is InChI=1S/C23H25F3N4O4/c24-23(25,26)22(31)34-30(7-6-29-8-11-32-12-9-29)10-13-33-19-3-1-2-17(14-19)18-4-5-20-21(15-18)28-16-27-20/h1-5,14-16H,6-13H2,(H,27,28). The number of halogens is 3. The van der Waals surface area contributed by atoms with Gasteiger partial charge in [0, 0.05) is 26.2 Å². The van der Waals surface area contributed by atoms with Crippen LogP contribution in [0, 0.1) is 0 Å². The zero-order chi connectivity index (χ0) is 24.0. The molecule has 2 heterocycles. The number of fused-ring (bicyclic) bond motifs is 1. The van der Waals surface area contributed by atoms with Gasteiger partial charge in [-0.05, 0) is 35.4 Å². The third-order valence-corrected chi connectivity index (χ3v) is 5.41. The van der Waals surface area contributed by atoms with Crippen molar-refractivity contribution in [3.05, 3.63) is 48.8 Å². The predicted octanol–water partition coefficient (Wildman–Crippen LogP) is 3.26. The number of nitrogens with zero attached hydrogens (tertiary/aromatic N) is 3. The quantitative estimate of drug-likeness (QED) is 0.473. The molecule has 182 valence electrons. The van der Waals surface area contributed by atoms with Gasteiger partial charge in [-0.25, -0.2) is 9.78 Å². The number of morpholine rings is 1. The van der Waals surface area contributed by atoms with Crippen molar-refractivity contribution in [2.24, 2.45) is 0 Å². The number of ether oxygens (including phenoxy) is 2. The number of carbonyl (C=O) groups is 1. The van der Waals surface area contributed by atoms with Gasteiger partial charge in [0.2, 0.25) is 0 Å². The molecule has 4 rings (SSSR count). The number of alkyl halides is 3. The Labute approximate surface area is 194 Å². The number of carbonyl (C=O) groups excluding carboxylic acids is 1. The number of hydroxylamine groups is 2. The fourth-order valence-electron chi connectivity index (χ4n) is 3.60. The molecule has 0 radical (unpaired) electrons. The molecular weight excluding hydrogens is 453 g/mol. The van der Waals surface area contributed by atoms with Crippen molar-refractivity contribution in [3.8, 4) is 16.9 Å². The summed E-state index contributed by atoms with van der Waals surface area (Å²) in [6.07, 6.45) is -3.44. The van der Waals surface area contributed by atoms with Gasteiger partial charge in [0.15, 0.2) is 0 Å². The third-order valence-electron chi connectivity index (χ3n) is 5.41. The van der Waals surface area contributed by atoms with Gasteiger partial charge in [0.05, 0.1) is 37.1 Å². The van der Waals surface area contributed by atoms with Gasteiger partial charge in [-0.1, -0.05) is 18.2 Å². The number of rotatable bonds is 9. The van der Waals surface area contributed by atoms with E-state index in [1.807, 2.05) is 41.3 Å². The Bertz CT molecular complexity index is 1100. The number of hydrogen-bond acceptors (Lipinski definition) is 7. The van der Waals surface area contributed by atoms with Gasteiger partial charge in [-0.3, -0.25) is 4.90 Å². The second-order valence-corrected chi connectivity index (χ2v) is 7.77. The van der Waals surface area contributed by atoms with Gasteiger partial charge in [0.1, 0.15) is 12.4 Å². The number of benzene rings is 2. The van der Waals surface area contributed by atoms with E-state index >= 15 is 0 Å². The molecule has 2 aromatic carbocycles. The minimum atomic E-state index is -5.07. The van der Waals surface area contributed by atoms with E-state index in [-0.39, 0.29) is 19.7 Å². The van der Waals surface area contributed by atoms with Gasteiger partial charge in [0.25, 0.3) is 0 Å². The highest BCUT2D eigenvalue weighted by atomic mass is 19.4. The van der Waals surface area contributed by atoms with Crippen LogP contribution in [0.2, 0.25) is 0 Å². The number of nitrogens with one attached hydrogen (secondary N) is 1. The molecule has 1 N–H and O–H groups in total. The summed E-state index contributed by atoms with van der Waals surface area (Å²) < 4.78 is 49.2. The Morgan fingerprint density at radius 1 is 1.12 bits per heavy atom. The Kier molecular flexibility index (Phi) is 7.66. The van der Waals surface area contributed by atoms with Crippen LogP contribution in [-0.4, -0.2) is 84.6 Å². The summed E-state index contributed by atoms with van der Waals surface area (Å²) in [6, 6.07) is 13.2. The first-order valence-corrected chi connectivity index (χ1v) is 10.9. The van der Waals surface area contributed by atoms with E-state index in [1.54, 1.807) is 12.4 Å². The maximum Gasteiger partial charge on any atom is 0.492 e. The average Bonchev–Trinajstić information content (AvgIpc) is 3.30. The Morgan fingerprint density at radius 3 is 2.71 bits per heavy atom. The van der Waals surface area contributed by atoms with Crippen LogP contribution in [0.5, 0.6) is 5.75 Å². The van der Waals surface area contributed by atoms with E-state index in [1.165, 1.54) is 0 Å². The van der Waals surface area contributed by atoms with Crippen molar-refractivity contribution in [1.82, 2.24) is 19.9 Å². The number of H-pyrrole nitrogens is 1. The van der Waals surface area contributed by atoms with Crippen LogP contribution in [0.15, 0.2) is 48.8 Å². The van der Waals surface area contributed by atoms with Crippen molar-refractivity contribution in [3.63, 3.8) is 0 Å². The number of imidazole rings is 1. The summed E-state index contributed by atoms with van der Waals surface area (Å²) in [5.41, 5.74) is 3.66. The van der Waals surface area contributed by atoms with Gasteiger partial charge in [-0.15, -0.1) is 5.06 Å². The number of aromatic amines is 1. The zero-order valence-corrected chi connectivity index (χ0v) is 18.4. The molecule has 1 aliphatic rings. The molecule has 1 aliphatic heterocycles. The molecule has 0 amide bonds. The molecule has 0 atom stereocenters. The van der Waals surface area contributed by atoms with Crippen molar-refractivity contribution in [2.75, 3.05) is 52.5 Å². The van der Waals surface area contributed by atoms with Crippen molar-refractivity contribution in [1.29, 1.82) is 0 Å². The van der Waals surface area contributed by atoms with Crippen LogP contribution in [0.25, 0.3) is 22.2 Å². The van der Waals surface area contributed by atoms with Gasteiger partial charge < -0.3 is 19.3 Å². The summed E-state index contributed by atoms with van der Waals surface area (Å²) >= 11 is 0. The summed E-state index contributed by atoms with van der Waals surface area (Å²) in [7, 11) is 0. The molecule has 3 aromatic rings. The predicted molar refractivity (Wildman–Crippen MR) is 118 cm³/mol. The summed E-state index contributed by atoms with van der Waals surface area (Å²) in [6.45, 7) is 3.07. The second-order valence-electron chi connectivity index (χ2n) is 7.77. The Balaban J connectivity index is 1.35. The second kappa shape index (κ2) is 10.9. The van der Waals surface area contributed by atoms with E-state index in [0.717, 1.165) is 27.2 Å². The molecule has 0 saturated carbocycles. The minimum absolute atomic E-state index is 0.0174. The van der Waals surface area contributed by atoms with Crippen LogP contribution in [0.1, 0.15) is 0 Å². The molecule has 0 bridgehead atoms. The number of hydrogen-bond donors (Lipinski definition) is 1. The highest BCUT2D eigenvalue weighted by Crippen LogP contribution is 2.26. The van der Waals surface area contributed by atoms with Gasteiger partial charge >= 0.3 is 12.1 Å². The molecule has 0 spiro atoms. The van der Waals surface area contributed by atoms with Crippen LogP contribution < -0.4 is 4.74 Å². The lowest BCUT2D eigenvalue weighted by atomic mass is 10.0. The molecule has 0 unspecified atom stereocenters. The average molecular weight is 478 g/mol. The van der Waals surface area contributed by atoms with E-state index in [2.05, 4.69) is 14.8 Å². The van der Waals surface area contributed by atoms with Crippen molar-refractivity contribution >= 4 is 17.0 Å². The molecule has 1 aromatic heterocycles. The Hall–Kier alpha value is -3.15. The molecule has 1 saturated heterocycles. The third kappa shape index (κ3) is 6.46. The first kappa shape index (κ1) is 24.0. The number of aromatic nitrogens is 2. The lowest BCUT2D eigenvalue weighted by molar-refractivity contribution is -0.240.